The van der Waals surface area contributed by atoms with Crippen LogP contribution in [-0.2, 0) is 19.5 Å². The number of methoxy groups -OCH3 is 1. The molecule has 0 bridgehead atoms. The van der Waals surface area contributed by atoms with Crippen LogP contribution in [0.1, 0.15) is 63.0 Å². The molecule has 2 aliphatic rings. The van der Waals surface area contributed by atoms with Crippen LogP contribution in [0.2, 0.25) is 0 Å². The number of carbonyl (C=O) groups excluding carboxylic acids is 1. The minimum absolute atomic E-state index is 0.0730. The first kappa shape index (κ1) is 19.7. The maximum absolute atomic E-state index is 13.3. The van der Waals surface area contributed by atoms with Gasteiger partial charge < -0.3 is 14.6 Å². The summed E-state index contributed by atoms with van der Waals surface area (Å²) in [6.07, 6.45) is 10.2. The molecule has 1 saturated carbocycles. The first-order chi connectivity index (χ1) is 14.2. The predicted octanol–water partition coefficient (Wildman–Crippen LogP) is 4.06. The molecule has 4 rings (SSSR count). The Labute approximate surface area is 172 Å². The van der Waals surface area contributed by atoms with Crippen LogP contribution < -0.4 is 15.0 Å². The summed E-state index contributed by atoms with van der Waals surface area (Å²) in [5.74, 6) is 2.62. The zero-order chi connectivity index (χ0) is 20.1. The predicted molar refractivity (Wildman–Crippen MR) is 112 cm³/mol. The second-order valence-electron chi connectivity index (χ2n) is 8.07. The maximum Gasteiger partial charge on any atom is 0.322 e. The molecule has 7 heteroatoms. The number of urea groups is 1. The summed E-state index contributed by atoms with van der Waals surface area (Å²) < 4.78 is 7.59. The third-order valence-corrected chi connectivity index (χ3v) is 6.03. The van der Waals surface area contributed by atoms with E-state index >= 15 is 0 Å². The van der Waals surface area contributed by atoms with Crippen molar-refractivity contribution in [3.05, 3.63) is 35.9 Å². The van der Waals surface area contributed by atoms with E-state index in [1.165, 1.54) is 25.7 Å². The SMILES string of the molecule is COc1cccc(N(Cc2nnc3n2CCCCC3)C(=O)NC2CCCCC2)c1. The highest BCUT2D eigenvalue weighted by Crippen LogP contribution is 2.25. The van der Waals surface area contributed by atoms with Crippen LogP contribution in [-0.4, -0.2) is 33.9 Å². The van der Waals surface area contributed by atoms with Gasteiger partial charge in [0.15, 0.2) is 5.82 Å². The highest BCUT2D eigenvalue weighted by Gasteiger charge is 2.24. The maximum atomic E-state index is 13.3. The van der Waals surface area contributed by atoms with Crippen LogP contribution in [0.25, 0.3) is 0 Å². The average molecular weight is 398 g/mol. The number of fused-ring (bicyclic) bond motifs is 1. The summed E-state index contributed by atoms with van der Waals surface area (Å²) >= 11 is 0. The van der Waals surface area contributed by atoms with Gasteiger partial charge in [0.25, 0.3) is 0 Å². The van der Waals surface area contributed by atoms with Crippen molar-refractivity contribution >= 4 is 11.7 Å². The highest BCUT2D eigenvalue weighted by atomic mass is 16.5. The summed E-state index contributed by atoms with van der Waals surface area (Å²) in [5, 5.41) is 12.1. The van der Waals surface area contributed by atoms with Crippen LogP contribution in [0.15, 0.2) is 24.3 Å². The fourth-order valence-corrected chi connectivity index (χ4v) is 4.36. The van der Waals surface area contributed by atoms with E-state index < -0.39 is 0 Å². The molecule has 1 aromatic carbocycles. The Balaban J connectivity index is 1.59. The average Bonchev–Trinajstić information content (AvgIpc) is 2.98. The zero-order valence-corrected chi connectivity index (χ0v) is 17.3. The van der Waals surface area contributed by atoms with Crippen molar-refractivity contribution in [1.82, 2.24) is 20.1 Å². The lowest BCUT2D eigenvalue weighted by Gasteiger charge is -2.28. The van der Waals surface area contributed by atoms with E-state index in [9.17, 15) is 4.79 Å². The van der Waals surface area contributed by atoms with E-state index in [4.69, 9.17) is 4.74 Å². The van der Waals surface area contributed by atoms with Gasteiger partial charge in [0.1, 0.15) is 11.6 Å². The van der Waals surface area contributed by atoms with Crippen molar-refractivity contribution in [3.8, 4) is 5.75 Å². The fraction of sp³-hybridized carbons (Fsp3) is 0.591. The fourth-order valence-electron chi connectivity index (χ4n) is 4.36. The van der Waals surface area contributed by atoms with Crippen LogP contribution in [0.4, 0.5) is 10.5 Å². The van der Waals surface area contributed by atoms with E-state index in [1.54, 1.807) is 12.0 Å². The van der Waals surface area contributed by atoms with Gasteiger partial charge in [0, 0.05) is 30.8 Å². The molecule has 1 N–H and O–H groups in total. The lowest BCUT2D eigenvalue weighted by atomic mass is 9.96. The van der Waals surface area contributed by atoms with Crippen LogP contribution >= 0.6 is 0 Å². The molecule has 2 amide bonds. The molecular formula is C22H31N5O2. The van der Waals surface area contributed by atoms with E-state index in [2.05, 4.69) is 20.1 Å². The van der Waals surface area contributed by atoms with Gasteiger partial charge in [-0.2, -0.15) is 0 Å². The van der Waals surface area contributed by atoms with Crippen LogP contribution in [0.5, 0.6) is 5.75 Å². The summed E-state index contributed by atoms with van der Waals surface area (Å²) in [5.41, 5.74) is 0.809. The third-order valence-electron chi connectivity index (χ3n) is 6.03. The summed E-state index contributed by atoms with van der Waals surface area (Å²) in [7, 11) is 1.64. The molecule has 2 aromatic rings. The zero-order valence-electron chi connectivity index (χ0n) is 17.3. The van der Waals surface area contributed by atoms with Crippen molar-refractivity contribution in [3.63, 3.8) is 0 Å². The second-order valence-corrected chi connectivity index (χ2v) is 8.07. The molecule has 1 fully saturated rings. The standard InChI is InChI=1S/C22H31N5O2/c1-29-19-12-8-11-18(15-19)27(22(28)23-17-9-4-2-5-10-17)16-21-25-24-20-13-6-3-7-14-26(20)21/h8,11-12,15,17H,2-7,9-10,13-14,16H2,1H3,(H,23,28). The summed E-state index contributed by atoms with van der Waals surface area (Å²) in [6, 6.07) is 7.84. The Morgan fingerprint density at radius 2 is 2.00 bits per heavy atom. The van der Waals surface area contributed by atoms with Crippen molar-refractivity contribution in [2.75, 3.05) is 12.0 Å². The number of amides is 2. The molecule has 0 unspecified atom stereocenters. The Hall–Kier alpha value is -2.57. The van der Waals surface area contributed by atoms with Gasteiger partial charge in [-0.05, 0) is 37.8 Å². The first-order valence-electron chi connectivity index (χ1n) is 10.9. The Morgan fingerprint density at radius 1 is 1.17 bits per heavy atom. The van der Waals surface area contributed by atoms with Gasteiger partial charge in [-0.3, -0.25) is 4.90 Å². The quantitative estimate of drug-likeness (QED) is 0.826. The van der Waals surface area contributed by atoms with E-state index in [1.807, 2.05) is 24.3 Å². The summed E-state index contributed by atoms with van der Waals surface area (Å²) in [6.45, 7) is 1.33. The van der Waals surface area contributed by atoms with Gasteiger partial charge in [0.05, 0.1) is 13.7 Å². The van der Waals surface area contributed by atoms with Gasteiger partial charge in [0.2, 0.25) is 0 Å². The number of rotatable bonds is 5. The molecule has 0 spiro atoms. The molecule has 0 atom stereocenters. The number of aromatic nitrogens is 3. The first-order valence-corrected chi connectivity index (χ1v) is 10.9. The van der Waals surface area contributed by atoms with Gasteiger partial charge in [-0.15, -0.1) is 10.2 Å². The molecule has 0 radical (unpaired) electrons. The number of carbonyl (C=O) groups is 1. The highest BCUT2D eigenvalue weighted by molar-refractivity contribution is 5.92. The minimum atomic E-state index is -0.0730. The molecule has 0 saturated heterocycles. The van der Waals surface area contributed by atoms with Crippen LogP contribution in [0, 0.1) is 0 Å². The molecular weight excluding hydrogens is 366 g/mol. The molecule has 1 aliphatic heterocycles. The number of ether oxygens (including phenoxy) is 1. The molecule has 156 valence electrons. The van der Waals surface area contributed by atoms with Crippen molar-refractivity contribution in [2.24, 2.45) is 0 Å². The molecule has 1 aliphatic carbocycles. The number of aryl methyl sites for hydroxylation is 1. The minimum Gasteiger partial charge on any atom is -0.497 e. The van der Waals surface area contributed by atoms with Crippen molar-refractivity contribution in [1.29, 1.82) is 0 Å². The largest absolute Gasteiger partial charge is 0.497 e. The summed E-state index contributed by atoms with van der Waals surface area (Å²) in [4.78, 5) is 15.1. The van der Waals surface area contributed by atoms with Crippen molar-refractivity contribution in [2.45, 2.75) is 76.9 Å². The lowest BCUT2D eigenvalue weighted by Crippen LogP contribution is -2.45. The van der Waals surface area contributed by atoms with Gasteiger partial charge in [-0.25, -0.2) is 4.79 Å². The number of nitrogens with one attached hydrogen (secondary N) is 1. The molecule has 2 heterocycles. The number of anilines is 1. The van der Waals surface area contributed by atoms with Gasteiger partial charge in [-0.1, -0.05) is 31.7 Å². The monoisotopic (exact) mass is 397 g/mol. The number of hydrogen-bond donors (Lipinski definition) is 1. The normalized spacial score (nSPS) is 17.3. The number of hydrogen-bond acceptors (Lipinski definition) is 4. The van der Waals surface area contributed by atoms with E-state index in [0.29, 0.717) is 6.54 Å². The smallest absolute Gasteiger partial charge is 0.322 e. The molecule has 29 heavy (non-hydrogen) atoms. The second kappa shape index (κ2) is 9.29. The van der Waals surface area contributed by atoms with Crippen molar-refractivity contribution < 1.29 is 9.53 Å². The third kappa shape index (κ3) is 4.71. The number of nitrogens with zero attached hydrogens (tertiary/aromatic N) is 4. The lowest BCUT2D eigenvalue weighted by molar-refractivity contribution is 0.237. The van der Waals surface area contributed by atoms with Gasteiger partial charge >= 0.3 is 6.03 Å². The van der Waals surface area contributed by atoms with E-state index in [0.717, 1.165) is 61.7 Å². The van der Waals surface area contributed by atoms with Crippen LogP contribution in [0.3, 0.4) is 0 Å². The topological polar surface area (TPSA) is 72.3 Å². The Kier molecular flexibility index (Phi) is 6.32. The molecule has 1 aromatic heterocycles. The Bertz CT molecular complexity index is 828. The van der Waals surface area contributed by atoms with E-state index in [-0.39, 0.29) is 12.1 Å². The number of benzene rings is 1. The molecule has 7 nitrogen and oxygen atoms in total. The Morgan fingerprint density at radius 3 is 2.83 bits per heavy atom.